The largest absolute Gasteiger partial charge is 0.396 e. The average molecular weight is 234 g/mol. The van der Waals surface area contributed by atoms with E-state index in [-0.39, 0.29) is 12.6 Å². The molecule has 1 aliphatic heterocycles. The number of hydrogen-bond acceptors (Lipinski definition) is 3. The van der Waals surface area contributed by atoms with Gasteiger partial charge in [-0.2, -0.15) is 0 Å². The Morgan fingerprint density at radius 2 is 2.00 bits per heavy atom. The maximum Gasteiger partial charge on any atom is 0.0445 e. The van der Waals surface area contributed by atoms with E-state index in [9.17, 15) is 0 Å². The SMILES string of the molecule is N[C@@H]1CC[C@H](CCO)N(Cc2ccccc2)C1. The van der Waals surface area contributed by atoms with Crippen LogP contribution in [0.5, 0.6) is 0 Å². The Morgan fingerprint density at radius 3 is 2.71 bits per heavy atom. The van der Waals surface area contributed by atoms with Gasteiger partial charge in [0.05, 0.1) is 0 Å². The molecular weight excluding hydrogens is 212 g/mol. The number of nitrogens with two attached hydrogens (primary N) is 1. The molecule has 94 valence electrons. The fourth-order valence-corrected chi connectivity index (χ4v) is 2.62. The molecule has 1 fully saturated rings. The highest BCUT2D eigenvalue weighted by atomic mass is 16.3. The monoisotopic (exact) mass is 234 g/mol. The summed E-state index contributed by atoms with van der Waals surface area (Å²) in [5.74, 6) is 0. The Bertz CT molecular complexity index is 328. The van der Waals surface area contributed by atoms with E-state index in [1.807, 2.05) is 6.07 Å². The van der Waals surface area contributed by atoms with Crippen LogP contribution in [0.2, 0.25) is 0 Å². The molecule has 0 bridgehead atoms. The predicted molar refractivity (Wildman–Crippen MR) is 69.6 cm³/mol. The maximum absolute atomic E-state index is 9.11. The highest BCUT2D eigenvalue weighted by molar-refractivity contribution is 5.14. The van der Waals surface area contributed by atoms with Gasteiger partial charge in [-0.15, -0.1) is 0 Å². The van der Waals surface area contributed by atoms with Crippen molar-refractivity contribution >= 4 is 0 Å². The van der Waals surface area contributed by atoms with Gasteiger partial charge >= 0.3 is 0 Å². The molecule has 1 aromatic carbocycles. The van der Waals surface area contributed by atoms with Gasteiger partial charge in [0.15, 0.2) is 0 Å². The summed E-state index contributed by atoms with van der Waals surface area (Å²) >= 11 is 0. The van der Waals surface area contributed by atoms with Gasteiger partial charge in [0.2, 0.25) is 0 Å². The number of benzene rings is 1. The molecular formula is C14H22N2O. The second-order valence-corrected chi connectivity index (χ2v) is 4.92. The van der Waals surface area contributed by atoms with Gasteiger partial charge in [-0.05, 0) is 24.8 Å². The Labute approximate surface area is 103 Å². The van der Waals surface area contributed by atoms with Gasteiger partial charge in [0.25, 0.3) is 0 Å². The number of rotatable bonds is 4. The molecule has 1 aliphatic rings. The van der Waals surface area contributed by atoms with E-state index < -0.39 is 0 Å². The number of likely N-dealkylation sites (tertiary alicyclic amines) is 1. The molecule has 0 saturated carbocycles. The van der Waals surface area contributed by atoms with Crippen LogP contribution in [0.1, 0.15) is 24.8 Å². The van der Waals surface area contributed by atoms with Crippen LogP contribution in [0.3, 0.4) is 0 Å². The first-order valence-corrected chi connectivity index (χ1v) is 6.44. The lowest BCUT2D eigenvalue weighted by Crippen LogP contribution is -2.48. The number of hydrogen-bond donors (Lipinski definition) is 2. The summed E-state index contributed by atoms with van der Waals surface area (Å²) in [7, 11) is 0. The second kappa shape index (κ2) is 6.15. The summed E-state index contributed by atoms with van der Waals surface area (Å²) in [5.41, 5.74) is 7.36. The predicted octanol–water partition coefficient (Wildman–Crippen LogP) is 1.36. The van der Waals surface area contributed by atoms with Crippen LogP contribution >= 0.6 is 0 Å². The number of piperidine rings is 1. The molecule has 2 atom stereocenters. The lowest BCUT2D eigenvalue weighted by atomic mass is 9.96. The molecule has 3 N–H and O–H groups in total. The quantitative estimate of drug-likeness (QED) is 0.827. The van der Waals surface area contributed by atoms with Crippen LogP contribution in [0.15, 0.2) is 30.3 Å². The average Bonchev–Trinajstić information content (AvgIpc) is 2.34. The minimum atomic E-state index is 0.269. The number of aliphatic hydroxyl groups excluding tert-OH is 1. The maximum atomic E-state index is 9.11. The summed E-state index contributed by atoms with van der Waals surface area (Å²) < 4.78 is 0. The number of nitrogens with zero attached hydrogens (tertiary/aromatic N) is 1. The van der Waals surface area contributed by atoms with Gasteiger partial charge in [-0.25, -0.2) is 0 Å². The molecule has 2 rings (SSSR count). The molecule has 1 saturated heterocycles. The Hall–Kier alpha value is -0.900. The van der Waals surface area contributed by atoms with Crippen molar-refractivity contribution in [3.8, 4) is 0 Å². The molecule has 0 spiro atoms. The van der Waals surface area contributed by atoms with Crippen LogP contribution in [-0.4, -0.2) is 35.2 Å². The van der Waals surface area contributed by atoms with E-state index >= 15 is 0 Å². The first-order chi connectivity index (χ1) is 8.29. The van der Waals surface area contributed by atoms with Gasteiger partial charge in [-0.3, -0.25) is 4.90 Å². The molecule has 0 aromatic heterocycles. The van der Waals surface area contributed by atoms with Crippen molar-refractivity contribution in [3.05, 3.63) is 35.9 Å². The Kier molecular flexibility index (Phi) is 4.54. The first-order valence-electron chi connectivity index (χ1n) is 6.44. The van der Waals surface area contributed by atoms with E-state index in [2.05, 4.69) is 29.2 Å². The third-order valence-electron chi connectivity index (χ3n) is 3.55. The molecule has 1 heterocycles. The smallest absolute Gasteiger partial charge is 0.0445 e. The van der Waals surface area contributed by atoms with E-state index in [1.54, 1.807) is 0 Å². The molecule has 0 amide bonds. The van der Waals surface area contributed by atoms with Gasteiger partial charge in [0, 0.05) is 31.8 Å². The van der Waals surface area contributed by atoms with Crippen LogP contribution in [0, 0.1) is 0 Å². The van der Waals surface area contributed by atoms with Crippen LogP contribution in [0.4, 0.5) is 0 Å². The molecule has 3 heteroatoms. The zero-order valence-corrected chi connectivity index (χ0v) is 10.3. The van der Waals surface area contributed by atoms with E-state index in [0.29, 0.717) is 6.04 Å². The van der Waals surface area contributed by atoms with Crippen molar-refractivity contribution in [2.75, 3.05) is 13.2 Å². The van der Waals surface area contributed by atoms with Crippen molar-refractivity contribution in [1.82, 2.24) is 4.90 Å². The Balaban J connectivity index is 1.99. The second-order valence-electron chi connectivity index (χ2n) is 4.92. The summed E-state index contributed by atoms with van der Waals surface area (Å²) in [6, 6.07) is 11.2. The third-order valence-corrected chi connectivity index (χ3v) is 3.55. The molecule has 0 radical (unpaired) electrons. The molecule has 0 unspecified atom stereocenters. The highest BCUT2D eigenvalue weighted by Crippen LogP contribution is 2.21. The summed E-state index contributed by atoms with van der Waals surface area (Å²) in [6.45, 7) is 2.16. The summed E-state index contributed by atoms with van der Waals surface area (Å²) in [6.07, 6.45) is 3.05. The van der Waals surface area contributed by atoms with Gasteiger partial charge in [0.1, 0.15) is 0 Å². The van der Waals surface area contributed by atoms with Crippen molar-refractivity contribution in [3.63, 3.8) is 0 Å². The molecule has 1 aromatic rings. The molecule has 3 nitrogen and oxygen atoms in total. The Morgan fingerprint density at radius 1 is 1.24 bits per heavy atom. The van der Waals surface area contributed by atoms with Crippen molar-refractivity contribution < 1.29 is 5.11 Å². The first kappa shape index (κ1) is 12.6. The molecule has 0 aliphatic carbocycles. The summed E-state index contributed by atoms with van der Waals surface area (Å²) in [4.78, 5) is 2.42. The zero-order valence-electron chi connectivity index (χ0n) is 10.3. The van der Waals surface area contributed by atoms with E-state index in [4.69, 9.17) is 10.8 Å². The lowest BCUT2D eigenvalue weighted by Gasteiger charge is -2.38. The summed E-state index contributed by atoms with van der Waals surface area (Å²) in [5, 5.41) is 9.11. The van der Waals surface area contributed by atoms with Crippen molar-refractivity contribution in [2.45, 2.75) is 37.9 Å². The van der Waals surface area contributed by atoms with Crippen molar-refractivity contribution in [1.29, 1.82) is 0 Å². The van der Waals surface area contributed by atoms with Gasteiger partial charge < -0.3 is 10.8 Å². The minimum absolute atomic E-state index is 0.269. The standard InChI is InChI=1S/C14H22N2O/c15-13-6-7-14(8-9-17)16(11-13)10-12-4-2-1-3-5-12/h1-5,13-14,17H,6-11,15H2/t13-,14-/m1/s1. The van der Waals surface area contributed by atoms with Crippen LogP contribution < -0.4 is 5.73 Å². The topological polar surface area (TPSA) is 49.5 Å². The molecule has 17 heavy (non-hydrogen) atoms. The normalized spacial score (nSPS) is 26.0. The van der Waals surface area contributed by atoms with E-state index in [1.165, 1.54) is 5.56 Å². The fraction of sp³-hybridized carbons (Fsp3) is 0.571. The highest BCUT2D eigenvalue weighted by Gasteiger charge is 2.25. The third kappa shape index (κ3) is 3.53. The zero-order chi connectivity index (χ0) is 12.1. The fourth-order valence-electron chi connectivity index (χ4n) is 2.62. The van der Waals surface area contributed by atoms with Crippen molar-refractivity contribution in [2.24, 2.45) is 5.73 Å². The lowest BCUT2D eigenvalue weighted by molar-refractivity contribution is 0.101. The van der Waals surface area contributed by atoms with Gasteiger partial charge in [-0.1, -0.05) is 30.3 Å². The van der Waals surface area contributed by atoms with Crippen LogP contribution in [0.25, 0.3) is 0 Å². The minimum Gasteiger partial charge on any atom is -0.396 e. The number of aliphatic hydroxyl groups is 1. The van der Waals surface area contributed by atoms with E-state index in [0.717, 1.165) is 32.4 Å². The van der Waals surface area contributed by atoms with Crippen LogP contribution in [-0.2, 0) is 6.54 Å².